The Kier molecular flexibility index (Phi) is 4.04. The summed E-state index contributed by atoms with van der Waals surface area (Å²) in [6.45, 7) is 2.75. The molecule has 1 aliphatic heterocycles. The van der Waals surface area contributed by atoms with Crippen LogP contribution in [0.15, 0.2) is 28.8 Å². The van der Waals surface area contributed by atoms with Crippen LogP contribution in [0.4, 0.5) is 0 Å². The number of aryl methyl sites for hydroxylation is 2. The highest BCUT2D eigenvalue weighted by atomic mass is 32.2. The molecule has 132 valence electrons. The molecule has 3 aromatic rings. The maximum Gasteiger partial charge on any atom is 0.218 e. The molecule has 9 heteroatoms. The van der Waals surface area contributed by atoms with E-state index in [0.29, 0.717) is 28.9 Å². The van der Waals surface area contributed by atoms with Crippen molar-refractivity contribution in [2.24, 2.45) is 0 Å². The van der Waals surface area contributed by atoms with Crippen molar-refractivity contribution in [3.63, 3.8) is 0 Å². The number of aromatic nitrogens is 4. The highest BCUT2D eigenvalue weighted by Crippen LogP contribution is 2.25. The van der Waals surface area contributed by atoms with Gasteiger partial charge in [-0.25, -0.2) is 22.8 Å². The number of hydrogen-bond donors (Lipinski definition) is 1. The molecule has 2 aromatic heterocycles. The zero-order chi connectivity index (χ0) is 17.4. The van der Waals surface area contributed by atoms with Gasteiger partial charge in [-0.2, -0.15) is 5.10 Å². The van der Waals surface area contributed by atoms with Crippen molar-refractivity contribution in [3.8, 4) is 0 Å². The van der Waals surface area contributed by atoms with Gasteiger partial charge >= 0.3 is 0 Å². The molecular weight excluding hydrogens is 342 g/mol. The molecule has 0 bridgehead atoms. The summed E-state index contributed by atoms with van der Waals surface area (Å²) >= 11 is 0. The van der Waals surface area contributed by atoms with Crippen LogP contribution in [0, 0.1) is 0 Å². The molecule has 4 rings (SSSR count). The molecule has 0 saturated carbocycles. The Bertz CT molecular complexity index is 1010. The predicted octanol–water partition coefficient (Wildman–Crippen LogP) is 1.94. The number of nitrogens with one attached hydrogen (secondary N) is 1. The summed E-state index contributed by atoms with van der Waals surface area (Å²) in [7, 11) is -3.59. The van der Waals surface area contributed by atoms with Gasteiger partial charge in [0.05, 0.1) is 6.04 Å². The summed E-state index contributed by atoms with van der Waals surface area (Å²) in [5.74, 6) is 1.20. The van der Waals surface area contributed by atoms with Crippen LogP contribution in [0.5, 0.6) is 0 Å². The zero-order valence-electron chi connectivity index (χ0n) is 13.8. The minimum atomic E-state index is -3.59. The van der Waals surface area contributed by atoms with E-state index in [9.17, 15) is 8.42 Å². The van der Waals surface area contributed by atoms with Gasteiger partial charge in [0, 0.05) is 18.4 Å². The van der Waals surface area contributed by atoms with Gasteiger partial charge in [-0.05, 0) is 25.0 Å². The molecule has 25 heavy (non-hydrogen) atoms. The Morgan fingerprint density at radius 2 is 2.20 bits per heavy atom. The molecule has 0 aliphatic carbocycles. The van der Waals surface area contributed by atoms with E-state index < -0.39 is 10.0 Å². The Balaban J connectivity index is 1.57. The highest BCUT2D eigenvalue weighted by Gasteiger charge is 2.29. The van der Waals surface area contributed by atoms with E-state index in [1.54, 1.807) is 16.8 Å². The van der Waals surface area contributed by atoms with Gasteiger partial charge in [0.1, 0.15) is 17.3 Å². The first-order chi connectivity index (χ1) is 12.1. The Morgan fingerprint density at radius 3 is 3.04 bits per heavy atom. The molecule has 1 aromatic carbocycles. The number of para-hydroxylation sites is 1. The lowest BCUT2D eigenvalue weighted by Gasteiger charge is -2.22. The summed E-state index contributed by atoms with van der Waals surface area (Å²) in [5.41, 5.74) is 0.993. The van der Waals surface area contributed by atoms with Crippen molar-refractivity contribution in [3.05, 3.63) is 41.6 Å². The highest BCUT2D eigenvalue weighted by molar-refractivity contribution is 7.88. The maximum atomic E-state index is 12.6. The van der Waals surface area contributed by atoms with Crippen molar-refractivity contribution in [2.45, 2.75) is 44.5 Å². The molecule has 8 nitrogen and oxygen atoms in total. The maximum absolute atomic E-state index is 12.6. The third kappa shape index (κ3) is 3.16. The minimum Gasteiger partial charge on any atom is -0.356 e. The topological polar surface area (TPSA) is 103 Å². The summed E-state index contributed by atoms with van der Waals surface area (Å²) in [6.07, 6.45) is 2.30. The predicted molar refractivity (Wildman–Crippen MR) is 91.1 cm³/mol. The fourth-order valence-corrected chi connectivity index (χ4v) is 4.45. The number of sulfonamides is 1. The average Bonchev–Trinajstić information content (AvgIpc) is 3.19. The second-order valence-corrected chi connectivity index (χ2v) is 7.91. The van der Waals surface area contributed by atoms with Crippen LogP contribution >= 0.6 is 0 Å². The first kappa shape index (κ1) is 16.2. The van der Waals surface area contributed by atoms with E-state index in [0.717, 1.165) is 25.2 Å². The zero-order valence-corrected chi connectivity index (χ0v) is 14.7. The van der Waals surface area contributed by atoms with E-state index >= 15 is 0 Å². The molecule has 0 saturated heterocycles. The smallest absolute Gasteiger partial charge is 0.218 e. The molecule has 1 N–H and O–H groups in total. The molecule has 0 amide bonds. The Morgan fingerprint density at radius 1 is 1.36 bits per heavy atom. The van der Waals surface area contributed by atoms with Gasteiger partial charge in [-0.3, -0.25) is 0 Å². The van der Waals surface area contributed by atoms with Gasteiger partial charge in [0.15, 0.2) is 11.4 Å². The SMILES string of the molecule is CCc1nc2n(n1)CCCC2NS(=O)(=O)Cc1noc2ccccc12. The standard InChI is InChI=1S/C16H19N5O3S/c1-2-15-17-16-12(7-5-9-21(16)18-15)20-25(22,23)10-13-11-6-3-4-8-14(11)24-19-13/h3-4,6,8,12,20H,2,5,7,9-10H2,1H3. The number of hydrogen-bond acceptors (Lipinski definition) is 6. The molecule has 0 radical (unpaired) electrons. The molecule has 1 aliphatic rings. The Hall–Kier alpha value is -2.26. The van der Waals surface area contributed by atoms with Crippen LogP contribution in [-0.2, 0) is 28.7 Å². The largest absolute Gasteiger partial charge is 0.356 e. The lowest BCUT2D eigenvalue weighted by molar-refractivity contribution is 0.399. The number of nitrogens with zero attached hydrogens (tertiary/aromatic N) is 4. The summed E-state index contributed by atoms with van der Waals surface area (Å²) in [4.78, 5) is 4.47. The van der Waals surface area contributed by atoms with Gasteiger partial charge < -0.3 is 4.52 Å². The van der Waals surface area contributed by atoms with Crippen LogP contribution in [-0.4, -0.2) is 28.3 Å². The fraction of sp³-hybridized carbons (Fsp3) is 0.438. The van der Waals surface area contributed by atoms with Crippen molar-refractivity contribution in [2.75, 3.05) is 0 Å². The van der Waals surface area contributed by atoms with Crippen LogP contribution in [0.2, 0.25) is 0 Å². The summed E-state index contributed by atoms with van der Waals surface area (Å²) in [6, 6.07) is 6.87. The van der Waals surface area contributed by atoms with E-state index in [2.05, 4.69) is 20.0 Å². The van der Waals surface area contributed by atoms with E-state index in [1.807, 2.05) is 19.1 Å². The van der Waals surface area contributed by atoms with Crippen LogP contribution < -0.4 is 4.72 Å². The number of benzene rings is 1. The number of fused-ring (bicyclic) bond motifs is 2. The second-order valence-electron chi connectivity index (χ2n) is 6.16. The van der Waals surface area contributed by atoms with E-state index in [4.69, 9.17) is 4.52 Å². The molecular formula is C16H19N5O3S. The average molecular weight is 361 g/mol. The van der Waals surface area contributed by atoms with Gasteiger partial charge in [0.2, 0.25) is 10.0 Å². The van der Waals surface area contributed by atoms with E-state index in [-0.39, 0.29) is 11.8 Å². The Labute approximate surface area is 145 Å². The molecule has 1 unspecified atom stereocenters. The third-order valence-corrected chi connectivity index (χ3v) is 5.63. The third-order valence-electron chi connectivity index (χ3n) is 4.34. The van der Waals surface area contributed by atoms with Crippen LogP contribution in [0.1, 0.15) is 43.1 Å². The van der Waals surface area contributed by atoms with E-state index in [1.165, 1.54) is 0 Å². The van der Waals surface area contributed by atoms with Crippen LogP contribution in [0.3, 0.4) is 0 Å². The summed E-state index contributed by atoms with van der Waals surface area (Å²) < 4.78 is 35.0. The first-order valence-corrected chi connectivity index (χ1v) is 9.98. The molecule has 3 heterocycles. The van der Waals surface area contributed by atoms with Gasteiger partial charge in [0.25, 0.3) is 0 Å². The fourth-order valence-electron chi connectivity index (χ4n) is 3.14. The number of rotatable bonds is 5. The van der Waals surface area contributed by atoms with Crippen molar-refractivity contribution < 1.29 is 12.9 Å². The molecule has 0 fully saturated rings. The van der Waals surface area contributed by atoms with Gasteiger partial charge in [-0.15, -0.1) is 0 Å². The lowest BCUT2D eigenvalue weighted by Crippen LogP contribution is -2.34. The van der Waals surface area contributed by atoms with Crippen molar-refractivity contribution in [1.29, 1.82) is 0 Å². The van der Waals surface area contributed by atoms with Crippen LogP contribution in [0.25, 0.3) is 11.0 Å². The summed E-state index contributed by atoms with van der Waals surface area (Å²) in [5, 5.41) is 9.03. The lowest BCUT2D eigenvalue weighted by atomic mass is 10.1. The monoisotopic (exact) mass is 361 g/mol. The molecule has 0 spiro atoms. The minimum absolute atomic E-state index is 0.227. The molecule has 1 atom stereocenters. The van der Waals surface area contributed by atoms with Gasteiger partial charge in [-0.1, -0.05) is 24.2 Å². The quantitative estimate of drug-likeness (QED) is 0.745. The van der Waals surface area contributed by atoms with Crippen molar-refractivity contribution >= 4 is 21.0 Å². The normalized spacial score (nSPS) is 17.7. The van der Waals surface area contributed by atoms with Crippen molar-refractivity contribution in [1.82, 2.24) is 24.6 Å². The first-order valence-electron chi connectivity index (χ1n) is 8.32. The second kappa shape index (κ2) is 6.23.